The minimum Gasteiger partial charge on any atom is -0.462 e. The summed E-state index contributed by atoms with van der Waals surface area (Å²) in [5.41, 5.74) is 2.63. The molecule has 0 spiro atoms. The molecular weight excluding hydrogens is 310 g/mol. The Labute approximate surface area is 136 Å². The van der Waals surface area contributed by atoms with Gasteiger partial charge in [0.15, 0.2) is 0 Å². The van der Waals surface area contributed by atoms with Crippen LogP contribution in [0.2, 0.25) is 0 Å². The van der Waals surface area contributed by atoms with Crippen LogP contribution in [-0.4, -0.2) is 23.9 Å². The van der Waals surface area contributed by atoms with E-state index in [9.17, 15) is 4.79 Å². The molecule has 1 aromatic carbocycles. The summed E-state index contributed by atoms with van der Waals surface area (Å²) in [5, 5.41) is 0.895. The number of esters is 1. The predicted molar refractivity (Wildman–Crippen MR) is 92.3 cm³/mol. The second-order valence-corrected chi connectivity index (χ2v) is 5.96. The first-order valence-electron chi connectivity index (χ1n) is 7.26. The molecule has 0 aliphatic carbocycles. The molecule has 0 fully saturated rings. The van der Waals surface area contributed by atoms with Gasteiger partial charge in [0.1, 0.15) is 21.7 Å². The molecule has 6 heteroatoms. The van der Waals surface area contributed by atoms with E-state index in [4.69, 9.17) is 4.74 Å². The maximum atomic E-state index is 12.2. The van der Waals surface area contributed by atoms with Crippen molar-refractivity contribution >= 4 is 50.9 Å². The zero-order valence-corrected chi connectivity index (χ0v) is 13.2. The lowest BCUT2D eigenvalue weighted by Crippen LogP contribution is -2.16. The van der Waals surface area contributed by atoms with Crippen LogP contribution in [0.3, 0.4) is 0 Å². The van der Waals surface area contributed by atoms with E-state index in [0.29, 0.717) is 17.2 Å². The molecule has 114 valence electrons. The number of rotatable bonds is 3. The number of benzene rings is 1. The average molecular weight is 323 g/mol. The Morgan fingerprint density at radius 3 is 2.87 bits per heavy atom. The van der Waals surface area contributed by atoms with Crippen molar-refractivity contribution in [2.24, 2.45) is 4.99 Å². The number of anilines is 2. The summed E-state index contributed by atoms with van der Waals surface area (Å²) in [4.78, 5) is 24.3. The van der Waals surface area contributed by atoms with Crippen LogP contribution in [0.25, 0.3) is 10.2 Å². The number of hydrogen-bond donors (Lipinski definition) is 0. The minimum atomic E-state index is -0.346. The van der Waals surface area contributed by atoms with Crippen molar-refractivity contribution in [1.82, 2.24) is 4.98 Å². The van der Waals surface area contributed by atoms with Gasteiger partial charge in [0.2, 0.25) is 0 Å². The first-order valence-corrected chi connectivity index (χ1v) is 8.08. The van der Waals surface area contributed by atoms with E-state index < -0.39 is 0 Å². The molecule has 23 heavy (non-hydrogen) atoms. The van der Waals surface area contributed by atoms with Gasteiger partial charge in [-0.3, -0.25) is 0 Å². The van der Waals surface area contributed by atoms with Gasteiger partial charge in [0.25, 0.3) is 0 Å². The molecular formula is C17H13N3O2S. The highest BCUT2D eigenvalue weighted by Gasteiger charge is 2.26. The number of ether oxygens (including phenoxy) is 1. The largest absolute Gasteiger partial charge is 0.462 e. The highest BCUT2D eigenvalue weighted by Crippen LogP contribution is 2.45. The number of hydrogen-bond acceptors (Lipinski definition) is 6. The van der Waals surface area contributed by atoms with Gasteiger partial charge in [0.05, 0.1) is 17.7 Å². The highest BCUT2D eigenvalue weighted by atomic mass is 32.1. The van der Waals surface area contributed by atoms with Gasteiger partial charge in [-0.15, -0.1) is 11.3 Å². The minimum absolute atomic E-state index is 0.340. The normalized spacial score (nSPS) is 12.7. The van der Waals surface area contributed by atoms with Crippen LogP contribution >= 0.6 is 11.3 Å². The number of aromatic nitrogens is 1. The van der Waals surface area contributed by atoms with Crippen molar-refractivity contribution < 1.29 is 9.53 Å². The Hall–Kier alpha value is -2.73. The quantitative estimate of drug-likeness (QED) is 0.675. The van der Waals surface area contributed by atoms with Crippen molar-refractivity contribution in [2.75, 3.05) is 11.5 Å². The van der Waals surface area contributed by atoms with Gasteiger partial charge < -0.3 is 9.64 Å². The topological polar surface area (TPSA) is 54.8 Å². The molecule has 2 aromatic heterocycles. The number of carbonyl (C=O) groups excluding carboxylic acids is 1. The standard InChI is InChI=1S/C17H13N3O2S/c1-2-22-17(21)15-14-13-12(8-9-18-16(13)23-15)20(10-19-14)11-6-4-3-5-7-11/h3-10H,2H2,1H3. The third-order valence-corrected chi connectivity index (χ3v) is 4.67. The zero-order valence-electron chi connectivity index (χ0n) is 12.4. The van der Waals surface area contributed by atoms with Gasteiger partial charge >= 0.3 is 5.97 Å². The lowest BCUT2D eigenvalue weighted by molar-refractivity contribution is 0.0533. The molecule has 1 aliphatic rings. The van der Waals surface area contributed by atoms with Gasteiger partial charge in [-0.25, -0.2) is 14.8 Å². The summed E-state index contributed by atoms with van der Waals surface area (Å²) in [6.45, 7) is 2.13. The second kappa shape index (κ2) is 5.48. The van der Waals surface area contributed by atoms with Crippen molar-refractivity contribution in [3.8, 4) is 0 Å². The van der Waals surface area contributed by atoms with Crippen molar-refractivity contribution in [2.45, 2.75) is 6.92 Å². The highest BCUT2D eigenvalue weighted by molar-refractivity contribution is 7.21. The number of thiophene rings is 1. The van der Waals surface area contributed by atoms with Crippen molar-refractivity contribution in [3.05, 3.63) is 47.5 Å². The molecule has 0 saturated carbocycles. The molecule has 0 unspecified atom stereocenters. The smallest absolute Gasteiger partial charge is 0.350 e. The van der Waals surface area contributed by atoms with E-state index in [-0.39, 0.29) is 5.97 Å². The van der Waals surface area contributed by atoms with Gasteiger partial charge in [-0.2, -0.15) is 0 Å². The molecule has 3 aromatic rings. The fraction of sp³-hybridized carbons (Fsp3) is 0.118. The summed E-state index contributed by atoms with van der Waals surface area (Å²) in [7, 11) is 0. The number of carbonyl (C=O) groups is 1. The maximum Gasteiger partial charge on any atom is 0.350 e. The molecule has 1 aliphatic heterocycles. The van der Waals surface area contributed by atoms with Crippen LogP contribution < -0.4 is 4.90 Å². The Morgan fingerprint density at radius 1 is 1.26 bits per heavy atom. The number of pyridine rings is 1. The lowest BCUT2D eigenvalue weighted by atomic mass is 10.1. The number of aliphatic imine (C=N–C) groups is 1. The van der Waals surface area contributed by atoms with Gasteiger partial charge in [-0.1, -0.05) is 18.2 Å². The van der Waals surface area contributed by atoms with E-state index >= 15 is 0 Å². The van der Waals surface area contributed by atoms with Crippen LogP contribution in [0.15, 0.2) is 47.6 Å². The zero-order chi connectivity index (χ0) is 15.8. The summed E-state index contributed by atoms with van der Waals surface area (Å²) in [5.74, 6) is -0.346. The summed E-state index contributed by atoms with van der Waals surface area (Å²) >= 11 is 1.32. The molecule has 4 rings (SSSR count). The van der Waals surface area contributed by atoms with Gasteiger partial charge in [0, 0.05) is 11.9 Å². The fourth-order valence-electron chi connectivity index (χ4n) is 2.62. The summed E-state index contributed by atoms with van der Waals surface area (Å²) < 4.78 is 5.13. The second-order valence-electron chi connectivity index (χ2n) is 4.96. The fourth-order valence-corrected chi connectivity index (χ4v) is 3.63. The third-order valence-electron chi connectivity index (χ3n) is 3.60. The molecule has 0 radical (unpaired) electrons. The maximum absolute atomic E-state index is 12.2. The van der Waals surface area contributed by atoms with Crippen molar-refractivity contribution in [1.29, 1.82) is 0 Å². The predicted octanol–water partition coefficient (Wildman–Crippen LogP) is 4.28. The molecule has 0 bridgehead atoms. The average Bonchev–Trinajstić information content (AvgIpc) is 2.97. The Bertz CT molecular complexity index is 918. The van der Waals surface area contributed by atoms with Crippen LogP contribution in [0.4, 0.5) is 17.1 Å². The van der Waals surface area contributed by atoms with E-state index in [0.717, 1.165) is 21.6 Å². The molecule has 0 N–H and O–H groups in total. The van der Waals surface area contributed by atoms with E-state index in [2.05, 4.69) is 9.98 Å². The molecule has 0 saturated heterocycles. The van der Waals surface area contributed by atoms with E-state index in [1.165, 1.54) is 11.3 Å². The number of para-hydroxylation sites is 1. The first-order chi connectivity index (χ1) is 11.3. The first kappa shape index (κ1) is 13.9. The Kier molecular flexibility index (Phi) is 3.31. The van der Waals surface area contributed by atoms with Crippen LogP contribution in [0.1, 0.15) is 16.6 Å². The monoisotopic (exact) mass is 323 g/mol. The van der Waals surface area contributed by atoms with Crippen LogP contribution in [-0.2, 0) is 4.74 Å². The number of nitrogens with zero attached hydrogens (tertiary/aromatic N) is 3. The van der Waals surface area contributed by atoms with Crippen LogP contribution in [0.5, 0.6) is 0 Å². The molecule has 3 heterocycles. The summed E-state index contributed by atoms with van der Waals surface area (Å²) in [6.07, 6.45) is 3.49. The molecule has 5 nitrogen and oxygen atoms in total. The van der Waals surface area contributed by atoms with Crippen molar-refractivity contribution in [3.63, 3.8) is 0 Å². The Morgan fingerprint density at radius 2 is 2.09 bits per heavy atom. The molecule has 0 atom stereocenters. The van der Waals surface area contributed by atoms with E-state index in [1.54, 1.807) is 19.5 Å². The summed E-state index contributed by atoms with van der Waals surface area (Å²) in [6, 6.07) is 11.9. The van der Waals surface area contributed by atoms with Crippen LogP contribution in [0, 0.1) is 0 Å². The Balaban J connectivity index is 1.90. The van der Waals surface area contributed by atoms with Gasteiger partial charge in [-0.05, 0) is 25.1 Å². The molecule has 0 amide bonds. The van der Waals surface area contributed by atoms with E-state index in [1.807, 2.05) is 41.3 Å². The third kappa shape index (κ3) is 2.19. The SMILES string of the molecule is CCOC(=O)c1sc2nccc3c2c1N=CN3c1ccccc1. The lowest BCUT2D eigenvalue weighted by Gasteiger charge is -2.23.